The van der Waals surface area contributed by atoms with Crippen molar-refractivity contribution in [2.24, 2.45) is 27.5 Å². The van der Waals surface area contributed by atoms with Crippen LogP contribution in [0.15, 0.2) is 35.3 Å². The largest absolute Gasteiger partial charge is 0.386 e. The molecule has 1 saturated heterocycles. The number of ether oxygens (including phenoxy) is 1. The second kappa shape index (κ2) is 4.25. The van der Waals surface area contributed by atoms with Crippen molar-refractivity contribution in [1.29, 1.82) is 10.5 Å². The Labute approximate surface area is 132 Å². The number of benzene rings is 1. The third kappa shape index (κ3) is 1.27. The van der Waals surface area contributed by atoms with Crippen LogP contribution >= 0.6 is 11.8 Å². The Morgan fingerprint density at radius 3 is 2.68 bits per heavy atom. The highest BCUT2D eigenvalue weighted by Gasteiger charge is 2.92. The maximum absolute atomic E-state index is 9.93. The molecule has 3 aliphatic rings. The Bertz CT molecular complexity index is 744. The van der Waals surface area contributed by atoms with Crippen molar-refractivity contribution in [1.82, 2.24) is 0 Å². The fourth-order valence-corrected chi connectivity index (χ4v) is 5.40. The molecule has 1 spiro atoms. The molecule has 5 nitrogen and oxygen atoms in total. The molecule has 2 heterocycles. The lowest BCUT2D eigenvalue weighted by molar-refractivity contribution is 0.0168. The number of hydrogen-bond donors (Lipinski definition) is 1. The number of hydrogen-bond acceptors (Lipinski definition) is 6. The Hall–Kier alpha value is -2.02. The maximum atomic E-state index is 9.93. The number of amidine groups is 1. The van der Waals surface area contributed by atoms with Crippen molar-refractivity contribution < 1.29 is 4.74 Å². The molecule has 2 fully saturated rings. The van der Waals surface area contributed by atoms with E-state index in [0.717, 1.165) is 11.3 Å². The third-order valence-corrected chi connectivity index (χ3v) is 6.36. The van der Waals surface area contributed by atoms with Crippen LogP contribution in [-0.4, -0.2) is 23.3 Å². The molecule has 110 valence electrons. The fraction of sp³-hybridized carbons (Fsp3) is 0.438. The van der Waals surface area contributed by atoms with Crippen LogP contribution in [0.25, 0.3) is 0 Å². The quantitative estimate of drug-likeness (QED) is 0.896. The average molecular weight is 310 g/mol. The molecular weight excluding hydrogens is 296 g/mol. The highest BCUT2D eigenvalue weighted by atomic mass is 32.2. The van der Waals surface area contributed by atoms with Gasteiger partial charge in [0.1, 0.15) is 16.7 Å². The summed E-state index contributed by atoms with van der Waals surface area (Å²) in [6.07, 6.45) is 0.629. The molecule has 4 atom stereocenters. The smallest absolute Gasteiger partial charge is 0.230 e. The number of rotatable bonds is 2. The highest BCUT2D eigenvalue weighted by molar-refractivity contribution is 8.00. The monoisotopic (exact) mass is 310 g/mol. The van der Waals surface area contributed by atoms with Gasteiger partial charge in [-0.1, -0.05) is 42.1 Å². The van der Waals surface area contributed by atoms with Crippen LogP contribution in [0.5, 0.6) is 0 Å². The zero-order valence-corrected chi connectivity index (χ0v) is 12.6. The molecule has 22 heavy (non-hydrogen) atoms. The Morgan fingerprint density at radius 2 is 2.09 bits per heavy atom. The van der Waals surface area contributed by atoms with E-state index in [4.69, 9.17) is 10.5 Å². The molecule has 1 aromatic carbocycles. The number of aliphatic imine (C=N–C) groups is 1. The minimum atomic E-state index is -1.02. The van der Waals surface area contributed by atoms with Gasteiger partial charge in [-0.05, 0) is 12.0 Å². The van der Waals surface area contributed by atoms with Gasteiger partial charge >= 0.3 is 0 Å². The number of nitrogens with two attached hydrogens (primary N) is 1. The fourth-order valence-electron chi connectivity index (χ4n) is 4.05. The summed E-state index contributed by atoms with van der Waals surface area (Å²) in [4.78, 5) is 4.42. The van der Waals surface area contributed by atoms with E-state index in [9.17, 15) is 10.5 Å². The van der Waals surface area contributed by atoms with Gasteiger partial charge < -0.3 is 10.5 Å². The maximum Gasteiger partial charge on any atom is 0.230 e. The first-order valence-electron chi connectivity index (χ1n) is 7.17. The number of nitrogens with zero attached hydrogens (tertiary/aromatic N) is 3. The van der Waals surface area contributed by atoms with Crippen molar-refractivity contribution >= 4 is 17.6 Å². The summed E-state index contributed by atoms with van der Waals surface area (Å²) >= 11 is 1.49. The van der Waals surface area contributed by atoms with E-state index in [2.05, 4.69) is 17.1 Å². The van der Waals surface area contributed by atoms with E-state index in [1.54, 1.807) is 0 Å². The standard InChI is InChI=1S/C16H14N4OS/c17-9-14-12(8-11-4-2-1-3-5-11)15(14,10-18)16(20-13(14)19)21-6-7-22-16/h1-5,12H,6-8H2,(H2,19,20)/t12-,14-,15+,16+/m0/s1. The van der Waals surface area contributed by atoms with Gasteiger partial charge in [0.15, 0.2) is 0 Å². The first kappa shape index (κ1) is 13.6. The summed E-state index contributed by atoms with van der Waals surface area (Å²) < 4.78 is 5.84. The number of thioether (sulfide) groups is 1. The summed E-state index contributed by atoms with van der Waals surface area (Å²) in [7, 11) is 0. The van der Waals surface area contributed by atoms with Gasteiger partial charge in [0, 0.05) is 11.7 Å². The minimum Gasteiger partial charge on any atom is -0.386 e. The molecule has 0 unspecified atom stereocenters. The molecule has 0 bridgehead atoms. The third-order valence-electron chi connectivity index (χ3n) is 5.07. The van der Waals surface area contributed by atoms with E-state index < -0.39 is 15.9 Å². The molecule has 2 aliphatic heterocycles. The molecule has 0 aromatic heterocycles. The summed E-state index contributed by atoms with van der Waals surface area (Å²) in [5.74, 6) is 0.840. The van der Waals surface area contributed by atoms with Crippen molar-refractivity contribution in [3.8, 4) is 12.1 Å². The Balaban J connectivity index is 1.80. The first-order chi connectivity index (χ1) is 10.7. The van der Waals surface area contributed by atoms with Crippen LogP contribution in [0.1, 0.15) is 5.56 Å². The summed E-state index contributed by atoms with van der Waals surface area (Å²) in [5, 5.41) is 18.7. The highest BCUT2D eigenvalue weighted by Crippen LogP contribution is 2.81. The van der Waals surface area contributed by atoms with Crippen LogP contribution < -0.4 is 5.73 Å². The SMILES string of the molecule is N#C[C@@]12[C@@H](Cc3ccccc3)[C@@]1(C#N)C(N)=N[C@@]21OCCS1. The second-order valence-electron chi connectivity index (χ2n) is 5.86. The predicted molar refractivity (Wildman–Crippen MR) is 82.5 cm³/mol. The van der Waals surface area contributed by atoms with Gasteiger partial charge in [0.2, 0.25) is 5.06 Å². The van der Waals surface area contributed by atoms with E-state index in [1.807, 2.05) is 30.3 Å². The Kier molecular flexibility index (Phi) is 2.64. The van der Waals surface area contributed by atoms with Crippen LogP contribution in [0.4, 0.5) is 0 Å². The molecule has 0 amide bonds. The zero-order valence-electron chi connectivity index (χ0n) is 11.8. The van der Waals surface area contributed by atoms with E-state index in [1.165, 1.54) is 11.8 Å². The summed E-state index contributed by atoms with van der Waals surface area (Å²) in [6, 6.07) is 14.6. The van der Waals surface area contributed by atoms with E-state index in [0.29, 0.717) is 13.0 Å². The number of fused-ring (bicyclic) bond motifs is 2. The molecule has 1 saturated carbocycles. The van der Waals surface area contributed by atoms with E-state index >= 15 is 0 Å². The van der Waals surface area contributed by atoms with Crippen molar-refractivity contribution in [3.05, 3.63) is 35.9 Å². The summed E-state index contributed by atoms with van der Waals surface area (Å²) in [6.45, 7) is 0.532. The zero-order chi connectivity index (χ0) is 15.4. The van der Waals surface area contributed by atoms with Gasteiger partial charge in [-0.25, -0.2) is 4.99 Å². The van der Waals surface area contributed by atoms with Gasteiger partial charge in [-0.2, -0.15) is 10.5 Å². The predicted octanol–water partition coefficient (Wildman–Crippen LogP) is 1.67. The molecule has 4 rings (SSSR count). The van der Waals surface area contributed by atoms with Crippen LogP contribution in [0.2, 0.25) is 0 Å². The van der Waals surface area contributed by atoms with Gasteiger partial charge in [-0.3, -0.25) is 0 Å². The Morgan fingerprint density at radius 1 is 1.32 bits per heavy atom. The van der Waals surface area contributed by atoms with Crippen LogP contribution in [0.3, 0.4) is 0 Å². The topological polar surface area (TPSA) is 95.2 Å². The lowest BCUT2D eigenvalue weighted by Gasteiger charge is -2.26. The van der Waals surface area contributed by atoms with Crippen LogP contribution in [-0.2, 0) is 11.2 Å². The number of nitriles is 2. The van der Waals surface area contributed by atoms with E-state index in [-0.39, 0.29) is 11.8 Å². The minimum absolute atomic E-state index is 0.180. The summed E-state index contributed by atoms with van der Waals surface area (Å²) in [5.41, 5.74) is 5.21. The molecule has 6 heteroatoms. The van der Waals surface area contributed by atoms with Gasteiger partial charge in [0.25, 0.3) is 0 Å². The van der Waals surface area contributed by atoms with Gasteiger partial charge in [-0.15, -0.1) is 0 Å². The van der Waals surface area contributed by atoms with Crippen molar-refractivity contribution in [3.63, 3.8) is 0 Å². The lowest BCUT2D eigenvalue weighted by atomic mass is 9.95. The average Bonchev–Trinajstić information content (AvgIpc) is 2.81. The van der Waals surface area contributed by atoms with Crippen LogP contribution in [0, 0.1) is 39.4 Å². The van der Waals surface area contributed by atoms with Gasteiger partial charge in [0.05, 0.1) is 18.7 Å². The normalized spacial score (nSPS) is 41.5. The molecule has 1 aromatic rings. The lowest BCUT2D eigenvalue weighted by Crippen LogP contribution is -2.34. The molecule has 2 N–H and O–H groups in total. The molecular formula is C16H14N4OS. The van der Waals surface area contributed by atoms with Crippen molar-refractivity contribution in [2.45, 2.75) is 11.5 Å². The van der Waals surface area contributed by atoms with Crippen molar-refractivity contribution in [2.75, 3.05) is 12.4 Å². The molecule has 0 radical (unpaired) electrons. The first-order valence-corrected chi connectivity index (χ1v) is 8.15. The second-order valence-corrected chi connectivity index (χ2v) is 7.11. The molecule has 1 aliphatic carbocycles.